The van der Waals surface area contributed by atoms with Crippen molar-refractivity contribution < 1.29 is 4.42 Å². The van der Waals surface area contributed by atoms with Crippen molar-refractivity contribution in [1.82, 2.24) is 10.3 Å². The van der Waals surface area contributed by atoms with Crippen molar-refractivity contribution in [2.75, 3.05) is 0 Å². The fraction of sp³-hybridized carbons (Fsp3) is 0.500. The first-order valence-electron chi connectivity index (χ1n) is 6.26. The Morgan fingerprint density at radius 1 is 1.33 bits per heavy atom. The molecule has 0 fully saturated rings. The molecule has 0 aliphatic carbocycles. The van der Waals surface area contributed by atoms with Crippen molar-refractivity contribution >= 4 is 11.3 Å². The van der Waals surface area contributed by atoms with E-state index in [9.17, 15) is 0 Å². The normalized spacial score (nSPS) is 12.9. The second-order valence-corrected chi connectivity index (χ2v) is 6.12. The zero-order valence-electron chi connectivity index (χ0n) is 11.4. The van der Waals surface area contributed by atoms with Gasteiger partial charge in [0, 0.05) is 15.8 Å². The summed E-state index contributed by atoms with van der Waals surface area (Å²) in [7, 11) is 0. The molecule has 1 N–H and O–H groups in total. The minimum absolute atomic E-state index is 0.426. The van der Waals surface area contributed by atoms with Gasteiger partial charge in [0.15, 0.2) is 0 Å². The predicted molar refractivity (Wildman–Crippen MR) is 75.0 cm³/mol. The molecule has 0 radical (unpaired) electrons. The highest BCUT2D eigenvalue weighted by Crippen LogP contribution is 2.17. The number of nitrogens with zero attached hydrogens (tertiary/aromatic N) is 1. The van der Waals surface area contributed by atoms with Crippen LogP contribution in [0.25, 0.3) is 0 Å². The molecule has 0 aromatic carbocycles. The summed E-state index contributed by atoms with van der Waals surface area (Å²) < 4.78 is 5.55. The molecule has 0 spiro atoms. The molecule has 2 heterocycles. The van der Waals surface area contributed by atoms with Crippen LogP contribution in [0, 0.1) is 20.8 Å². The van der Waals surface area contributed by atoms with Crippen LogP contribution in [-0.4, -0.2) is 11.0 Å². The number of aryl methyl sites for hydroxylation is 3. The first kappa shape index (κ1) is 13.3. The molecule has 18 heavy (non-hydrogen) atoms. The lowest BCUT2D eigenvalue weighted by Crippen LogP contribution is -2.27. The summed E-state index contributed by atoms with van der Waals surface area (Å²) in [6.07, 6.45) is 1.05. The molecule has 2 aromatic heterocycles. The Morgan fingerprint density at radius 2 is 2.11 bits per heavy atom. The van der Waals surface area contributed by atoms with Gasteiger partial charge in [-0.05, 0) is 46.2 Å². The molecule has 4 heteroatoms. The highest BCUT2D eigenvalue weighted by molar-refractivity contribution is 7.11. The summed E-state index contributed by atoms with van der Waals surface area (Å²) in [6, 6.07) is 4.81. The van der Waals surface area contributed by atoms with Crippen LogP contribution in [-0.2, 0) is 13.0 Å². The van der Waals surface area contributed by atoms with Gasteiger partial charge in [0.2, 0.25) is 5.89 Å². The second-order valence-electron chi connectivity index (χ2n) is 4.75. The van der Waals surface area contributed by atoms with Gasteiger partial charge in [-0.3, -0.25) is 0 Å². The molecule has 0 amide bonds. The average molecular weight is 264 g/mol. The van der Waals surface area contributed by atoms with Crippen LogP contribution < -0.4 is 5.32 Å². The van der Waals surface area contributed by atoms with Gasteiger partial charge in [0.25, 0.3) is 0 Å². The van der Waals surface area contributed by atoms with E-state index < -0.39 is 0 Å². The van der Waals surface area contributed by atoms with Gasteiger partial charge in [-0.1, -0.05) is 0 Å². The van der Waals surface area contributed by atoms with Crippen molar-refractivity contribution in [2.45, 2.75) is 46.7 Å². The molecule has 98 valence electrons. The highest BCUT2D eigenvalue weighted by atomic mass is 32.1. The van der Waals surface area contributed by atoms with E-state index in [2.05, 4.69) is 36.3 Å². The van der Waals surface area contributed by atoms with E-state index in [1.165, 1.54) is 9.75 Å². The van der Waals surface area contributed by atoms with E-state index in [1.807, 2.05) is 25.2 Å². The van der Waals surface area contributed by atoms with Crippen LogP contribution in [0.5, 0.6) is 0 Å². The number of rotatable bonds is 5. The monoisotopic (exact) mass is 264 g/mol. The van der Waals surface area contributed by atoms with Crippen molar-refractivity contribution in [3.05, 3.63) is 39.2 Å². The summed E-state index contributed by atoms with van der Waals surface area (Å²) in [5.41, 5.74) is 0.980. The van der Waals surface area contributed by atoms with Crippen molar-refractivity contribution in [3.8, 4) is 0 Å². The number of hydrogen-bond acceptors (Lipinski definition) is 4. The van der Waals surface area contributed by atoms with Gasteiger partial charge in [-0.25, -0.2) is 4.98 Å². The fourth-order valence-electron chi connectivity index (χ4n) is 1.85. The van der Waals surface area contributed by atoms with Gasteiger partial charge in [-0.15, -0.1) is 11.3 Å². The van der Waals surface area contributed by atoms with E-state index in [0.717, 1.165) is 23.8 Å². The zero-order valence-corrected chi connectivity index (χ0v) is 12.2. The molecule has 0 bridgehead atoms. The summed E-state index contributed by atoms with van der Waals surface area (Å²) in [5, 5.41) is 3.45. The molecule has 1 unspecified atom stereocenters. The maximum atomic E-state index is 5.55. The Morgan fingerprint density at radius 3 is 2.67 bits per heavy atom. The lowest BCUT2D eigenvalue weighted by Gasteiger charge is -2.10. The molecule has 3 nitrogen and oxygen atoms in total. The lowest BCUT2D eigenvalue weighted by molar-refractivity contribution is 0.428. The smallest absolute Gasteiger partial charge is 0.208 e. The van der Waals surface area contributed by atoms with Gasteiger partial charge < -0.3 is 9.73 Å². The first-order valence-corrected chi connectivity index (χ1v) is 7.08. The third-order valence-electron chi connectivity index (χ3n) is 2.98. The molecule has 0 aliphatic heterocycles. The topological polar surface area (TPSA) is 38.1 Å². The van der Waals surface area contributed by atoms with Crippen LogP contribution in [0.15, 0.2) is 16.5 Å². The predicted octanol–water partition coefficient (Wildman–Crippen LogP) is 3.38. The van der Waals surface area contributed by atoms with E-state index >= 15 is 0 Å². The summed E-state index contributed by atoms with van der Waals surface area (Å²) in [6.45, 7) is 8.95. The van der Waals surface area contributed by atoms with Gasteiger partial charge in [0.05, 0.1) is 12.2 Å². The third kappa shape index (κ3) is 3.43. The Hall–Kier alpha value is -1.13. The van der Waals surface area contributed by atoms with Crippen LogP contribution in [0.2, 0.25) is 0 Å². The van der Waals surface area contributed by atoms with Crippen molar-refractivity contribution in [2.24, 2.45) is 0 Å². The number of aromatic nitrogens is 1. The van der Waals surface area contributed by atoms with E-state index in [1.54, 1.807) is 0 Å². The standard InChI is InChI=1S/C14H20N2OS/c1-9(7-13-6-5-10(2)18-13)15-8-14-16-11(3)12(4)17-14/h5-6,9,15H,7-8H2,1-4H3. The summed E-state index contributed by atoms with van der Waals surface area (Å²) in [4.78, 5) is 7.16. The summed E-state index contributed by atoms with van der Waals surface area (Å²) >= 11 is 1.87. The molecular formula is C14H20N2OS. The minimum Gasteiger partial charge on any atom is -0.444 e. The maximum Gasteiger partial charge on any atom is 0.208 e. The lowest BCUT2D eigenvalue weighted by atomic mass is 10.2. The van der Waals surface area contributed by atoms with Gasteiger partial charge in [-0.2, -0.15) is 0 Å². The molecule has 0 saturated carbocycles. The molecule has 0 saturated heterocycles. The van der Waals surface area contributed by atoms with Crippen LogP contribution >= 0.6 is 11.3 Å². The zero-order chi connectivity index (χ0) is 13.1. The Balaban J connectivity index is 1.83. The first-order chi connectivity index (χ1) is 8.54. The fourth-order valence-corrected chi connectivity index (χ4v) is 2.86. The van der Waals surface area contributed by atoms with E-state index in [0.29, 0.717) is 12.6 Å². The Labute approximate surface area is 112 Å². The van der Waals surface area contributed by atoms with Crippen molar-refractivity contribution in [3.63, 3.8) is 0 Å². The molecular weight excluding hydrogens is 244 g/mol. The van der Waals surface area contributed by atoms with Crippen LogP contribution in [0.3, 0.4) is 0 Å². The van der Waals surface area contributed by atoms with Gasteiger partial charge >= 0.3 is 0 Å². The average Bonchev–Trinajstić information content (AvgIpc) is 2.84. The Bertz CT molecular complexity index is 496. The Kier molecular flexibility index (Phi) is 4.19. The number of oxazole rings is 1. The third-order valence-corrected chi connectivity index (χ3v) is 4.00. The number of thiophene rings is 1. The van der Waals surface area contributed by atoms with Gasteiger partial charge in [0.1, 0.15) is 5.76 Å². The minimum atomic E-state index is 0.426. The maximum absolute atomic E-state index is 5.55. The molecule has 2 aromatic rings. The molecule has 2 rings (SSSR count). The quantitative estimate of drug-likeness (QED) is 0.899. The second kappa shape index (κ2) is 5.67. The highest BCUT2D eigenvalue weighted by Gasteiger charge is 2.08. The largest absolute Gasteiger partial charge is 0.444 e. The van der Waals surface area contributed by atoms with E-state index in [-0.39, 0.29) is 0 Å². The molecule has 1 atom stereocenters. The van der Waals surface area contributed by atoms with E-state index in [4.69, 9.17) is 4.42 Å². The van der Waals surface area contributed by atoms with Crippen molar-refractivity contribution in [1.29, 1.82) is 0 Å². The summed E-state index contributed by atoms with van der Waals surface area (Å²) in [5.74, 6) is 1.69. The van der Waals surface area contributed by atoms with Crippen LogP contribution in [0.1, 0.15) is 34.0 Å². The number of hydrogen-bond donors (Lipinski definition) is 1. The SMILES string of the molecule is Cc1ccc(CC(C)NCc2nc(C)c(C)o2)s1. The van der Waals surface area contributed by atoms with Crippen LogP contribution in [0.4, 0.5) is 0 Å². The number of nitrogens with one attached hydrogen (secondary N) is 1. The molecule has 0 aliphatic rings.